The first kappa shape index (κ1) is 19.8. The zero-order valence-electron chi connectivity index (χ0n) is 16.7. The number of carbonyl (C=O) groups is 1. The molecule has 3 aromatic rings. The van der Waals surface area contributed by atoms with Crippen LogP contribution in [0.1, 0.15) is 31.2 Å². The number of aromatic nitrogens is 1. The lowest BCUT2D eigenvalue weighted by Gasteiger charge is -2.35. The van der Waals surface area contributed by atoms with E-state index in [0.717, 1.165) is 37.2 Å². The highest BCUT2D eigenvalue weighted by molar-refractivity contribution is 6.33. The van der Waals surface area contributed by atoms with E-state index in [1.54, 1.807) is 13.2 Å². The zero-order valence-corrected chi connectivity index (χ0v) is 17.5. The molecule has 1 aliphatic heterocycles. The molecule has 0 bridgehead atoms. The molecule has 2 aromatic carbocycles. The standard InChI is InChI=1S/C23H26ClN3O2/c1-15(23(28)26-22-6-4-3-5-20(22)24)27-11-9-16(10-12-27)19-14-25-21-8-7-17(29-2)13-18(19)21/h3-8,13-16,25H,9-12H2,1-2H3,(H,26,28). The number of para-hydroxylation sites is 1. The van der Waals surface area contributed by atoms with E-state index in [4.69, 9.17) is 16.3 Å². The van der Waals surface area contributed by atoms with Gasteiger partial charge in [0.05, 0.1) is 23.9 Å². The lowest BCUT2D eigenvalue weighted by molar-refractivity contribution is -0.121. The number of nitrogens with one attached hydrogen (secondary N) is 2. The molecule has 0 radical (unpaired) electrons. The molecule has 0 spiro atoms. The number of fused-ring (bicyclic) bond motifs is 1. The van der Waals surface area contributed by atoms with Gasteiger partial charge in [-0.25, -0.2) is 0 Å². The zero-order chi connectivity index (χ0) is 20.4. The fraction of sp³-hybridized carbons (Fsp3) is 0.348. The van der Waals surface area contributed by atoms with E-state index < -0.39 is 0 Å². The number of rotatable bonds is 5. The molecule has 0 saturated carbocycles. The van der Waals surface area contributed by atoms with Crippen molar-refractivity contribution < 1.29 is 9.53 Å². The lowest BCUT2D eigenvalue weighted by atomic mass is 9.88. The summed E-state index contributed by atoms with van der Waals surface area (Å²) >= 11 is 6.16. The van der Waals surface area contributed by atoms with Crippen LogP contribution in [0.5, 0.6) is 5.75 Å². The first-order chi connectivity index (χ1) is 14.1. The number of benzene rings is 2. The van der Waals surface area contributed by atoms with Crippen molar-refractivity contribution in [1.82, 2.24) is 9.88 Å². The Morgan fingerprint density at radius 1 is 1.24 bits per heavy atom. The average molecular weight is 412 g/mol. The van der Waals surface area contributed by atoms with Crippen LogP contribution in [0.4, 0.5) is 5.69 Å². The molecule has 29 heavy (non-hydrogen) atoms. The summed E-state index contributed by atoms with van der Waals surface area (Å²) in [5, 5.41) is 4.74. The smallest absolute Gasteiger partial charge is 0.241 e. The summed E-state index contributed by atoms with van der Waals surface area (Å²) in [4.78, 5) is 18.3. The quantitative estimate of drug-likeness (QED) is 0.618. The Morgan fingerprint density at radius 2 is 2.00 bits per heavy atom. The molecule has 2 heterocycles. The van der Waals surface area contributed by atoms with Crippen LogP contribution in [0.15, 0.2) is 48.7 Å². The third-order valence-electron chi connectivity index (χ3n) is 5.95. The first-order valence-corrected chi connectivity index (χ1v) is 10.4. The number of piperidine rings is 1. The van der Waals surface area contributed by atoms with E-state index in [2.05, 4.69) is 33.5 Å². The summed E-state index contributed by atoms with van der Waals surface area (Å²) < 4.78 is 5.39. The number of hydrogen-bond donors (Lipinski definition) is 2. The van der Waals surface area contributed by atoms with E-state index in [9.17, 15) is 4.79 Å². The van der Waals surface area contributed by atoms with Crippen molar-refractivity contribution in [2.45, 2.75) is 31.7 Å². The molecule has 2 N–H and O–H groups in total. The molecule has 4 rings (SSSR count). The van der Waals surface area contributed by atoms with Gasteiger partial charge in [-0.05, 0) is 74.7 Å². The van der Waals surface area contributed by atoms with Crippen molar-refractivity contribution in [1.29, 1.82) is 0 Å². The second-order valence-corrected chi connectivity index (χ2v) is 8.02. The summed E-state index contributed by atoms with van der Waals surface area (Å²) in [5.74, 6) is 1.33. The molecular weight excluding hydrogens is 386 g/mol. The molecule has 0 aliphatic carbocycles. The van der Waals surface area contributed by atoms with Gasteiger partial charge in [0, 0.05) is 17.1 Å². The molecule has 5 nitrogen and oxygen atoms in total. The molecule has 1 fully saturated rings. The van der Waals surface area contributed by atoms with Gasteiger partial charge in [0.25, 0.3) is 0 Å². The monoisotopic (exact) mass is 411 g/mol. The van der Waals surface area contributed by atoms with Gasteiger partial charge < -0.3 is 15.0 Å². The van der Waals surface area contributed by atoms with Crippen molar-refractivity contribution in [2.75, 3.05) is 25.5 Å². The van der Waals surface area contributed by atoms with Crippen molar-refractivity contribution in [3.8, 4) is 5.75 Å². The number of carbonyl (C=O) groups excluding carboxylic acids is 1. The fourth-order valence-electron chi connectivity index (χ4n) is 4.15. The molecule has 1 aliphatic rings. The van der Waals surface area contributed by atoms with Gasteiger partial charge in [-0.2, -0.15) is 0 Å². The summed E-state index contributed by atoms with van der Waals surface area (Å²) in [6, 6.07) is 13.3. The number of likely N-dealkylation sites (tertiary alicyclic amines) is 1. The third-order valence-corrected chi connectivity index (χ3v) is 6.28. The minimum Gasteiger partial charge on any atom is -0.497 e. The highest BCUT2D eigenvalue weighted by Gasteiger charge is 2.28. The molecule has 152 valence electrons. The largest absolute Gasteiger partial charge is 0.497 e. The van der Waals surface area contributed by atoms with Gasteiger partial charge >= 0.3 is 0 Å². The second kappa shape index (κ2) is 8.47. The Hall–Kier alpha value is -2.50. The predicted octanol–water partition coefficient (Wildman–Crippen LogP) is 5.04. The van der Waals surface area contributed by atoms with Gasteiger partial charge in [-0.15, -0.1) is 0 Å². The summed E-state index contributed by atoms with van der Waals surface area (Å²) in [7, 11) is 1.70. The maximum Gasteiger partial charge on any atom is 0.241 e. The minimum atomic E-state index is -0.199. The fourth-order valence-corrected chi connectivity index (χ4v) is 4.33. The van der Waals surface area contributed by atoms with Gasteiger partial charge in [0.2, 0.25) is 5.91 Å². The van der Waals surface area contributed by atoms with Crippen molar-refractivity contribution in [3.05, 3.63) is 59.2 Å². The summed E-state index contributed by atoms with van der Waals surface area (Å²) in [5.41, 5.74) is 3.14. The van der Waals surface area contributed by atoms with Crippen molar-refractivity contribution in [3.63, 3.8) is 0 Å². The van der Waals surface area contributed by atoms with E-state index in [1.165, 1.54) is 10.9 Å². The van der Waals surface area contributed by atoms with Crippen LogP contribution in [0.25, 0.3) is 10.9 Å². The highest BCUT2D eigenvalue weighted by atomic mass is 35.5. The molecule has 1 aromatic heterocycles. The van der Waals surface area contributed by atoms with Gasteiger partial charge in [0.15, 0.2) is 0 Å². The summed E-state index contributed by atoms with van der Waals surface area (Å²) in [6.07, 6.45) is 4.17. The van der Waals surface area contributed by atoms with E-state index >= 15 is 0 Å². The van der Waals surface area contributed by atoms with E-state index in [0.29, 0.717) is 16.6 Å². The number of H-pyrrole nitrogens is 1. The minimum absolute atomic E-state index is 0.0200. The van der Waals surface area contributed by atoms with Gasteiger partial charge in [-0.3, -0.25) is 9.69 Å². The van der Waals surface area contributed by atoms with Crippen LogP contribution in [-0.2, 0) is 4.79 Å². The van der Waals surface area contributed by atoms with Crippen molar-refractivity contribution in [2.24, 2.45) is 0 Å². The average Bonchev–Trinajstić information content (AvgIpc) is 3.18. The lowest BCUT2D eigenvalue weighted by Crippen LogP contribution is -2.45. The Morgan fingerprint density at radius 3 is 2.72 bits per heavy atom. The number of hydrogen-bond acceptors (Lipinski definition) is 3. The van der Waals surface area contributed by atoms with E-state index in [1.807, 2.05) is 31.2 Å². The Bertz CT molecular complexity index is 1010. The van der Waals surface area contributed by atoms with E-state index in [-0.39, 0.29) is 11.9 Å². The normalized spacial score (nSPS) is 16.7. The number of aromatic amines is 1. The maximum absolute atomic E-state index is 12.7. The molecule has 6 heteroatoms. The van der Waals surface area contributed by atoms with Crippen LogP contribution in [-0.4, -0.2) is 42.0 Å². The molecule has 1 amide bonds. The Kier molecular flexibility index (Phi) is 5.79. The SMILES string of the molecule is COc1ccc2[nH]cc(C3CCN(C(C)C(=O)Nc4ccccc4Cl)CC3)c2c1. The number of methoxy groups -OCH3 is 1. The highest BCUT2D eigenvalue weighted by Crippen LogP contribution is 2.35. The Balaban J connectivity index is 1.40. The van der Waals surface area contributed by atoms with Crippen molar-refractivity contribution >= 4 is 34.1 Å². The van der Waals surface area contributed by atoms with Crippen LogP contribution >= 0.6 is 11.6 Å². The topological polar surface area (TPSA) is 57.4 Å². The molecular formula is C23H26ClN3O2. The second-order valence-electron chi connectivity index (χ2n) is 7.61. The summed E-state index contributed by atoms with van der Waals surface area (Å²) in [6.45, 7) is 3.74. The number of halogens is 1. The molecule has 1 unspecified atom stereocenters. The Labute approximate surface area is 176 Å². The first-order valence-electron chi connectivity index (χ1n) is 10.0. The number of amides is 1. The number of nitrogens with zero attached hydrogens (tertiary/aromatic N) is 1. The van der Waals surface area contributed by atoms with Crippen LogP contribution in [0, 0.1) is 0 Å². The van der Waals surface area contributed by atoms with Gasteiger partial charge in [0.1, 0.15) is 5.75 Å². The van der Waals surface area contributed by atoms with Crippen LogP contribution < -0.4 is 10.1 Å². The predicted molar refractivity (Wildman–Crippen MR) is 118 cm³/mol. The number of anilines is 1. The molecule has 1 atom stereocenters. The third kappa shape index (κ3) is 4.11. The van der Waals surface area contributed by atoms with Crippen LogP contribution in [0.2, 0.25) is 5.02 Å². The maximum atomic E-state index is 12.7. The van der Waals surface area contributed by atoms with Crippen LogP contribution in [0.3, 0.4) is 0 Å². The molecule has 1 saturated heterocycles. The number of ether oxygens (including phenoxy) is 1. The van der Waals surface area contributed by atoms with Gasteiger partial charge in [-0.1, -0.05) is 23.7 Å².